The van der Waals surface area contributed by atoms with Gasteiger partial charge in [-0.1, -0.05) is 6.07 Å². The SMILES string of the molecule is COc1ccc2c(c1)OCC(Cc1ccc(O)c(OC)c1)C2=O. The van der Waals surface area contributed by atoms with E-state index in [1.165, 1.54) is 7.11 Å². The number of rotatable bonds is 4. The molecule has 1 unspecified atom stereocenters. The number of phenolic OH excluding ortho intramolecular Hbond substituents is 1. The zero-order chi connectivity index (χ0) is 16.4. The molecule has 1 N–H and O–H groups in total. The number of methoxy groups -OCH3 is 2. The van der Waals surface area contributed by atoms with E-state index in [9.17, 15) is 9.90 Å². The largest absolute Gasteiger partial charge is 0.504 e. The molecule has 2 aromatic rings. The number of benzene rings is 2. The lowest BCUT2D eigenvalue weighted by Gasteiger charge is -2.24. The van der Waals surface area contributed by atoms with E-state index in [0.29, 0.717) is 35.8 Å². The number of aromatic hydroxyl groups is 1. The summed E-state index contributed by atoms with van der Waals surface area (Å²) in [5.41, 5.74) is 1.49. The molecule has 1 atom stereocenters. The van der Waals surface area contributed by atoms with Crippen LogP contribution in [0.15, 0.2) is 36.4 Å². The van der Waals surface area contributed by atoms with E-state index in [-0.39, 0.29) is 17.5 Å². The molecule has 0 radical (unpaired) electrons. The zero-order valence-electron chi connectivity index (χ0n) is 13.0. The lowest BCUT2D eigenvalue weighted by Crippen LogP contribution is -2.29. The Morgan fingerprint density at radius 1 is 1.17 bits per heavy atom. The number of hydrogen-bond acceptors (Lipinski definition) is 5. The van der Waals surface area contributed by atoms with Gasteiger partial charge in [-0.15, -0.1) is 0 Å². The van der Waals surface area contributed by atoms with Gasteiger partial charge in [0, 0.05) is 6.07 Å². The molecule has 0 saturated carbocycles. The minimum Gasteiger partial charge on any atom is -0.504 e. The first kappa shape index (κ1) is 15.2. The van der Waals surface area contributed by atoms with Crippen LogP contribution in [-0.4, -0.2) is 31.7 Å². The van der Waals surface area contributed by atoms with E-state index >= 15 is 0 Å². The van der Waals surface area contributed by atoms with Crippen molar-refractivity contribution in [2.75, 3.05) is 20.8 Å². The second-order valence-electron chi connectivity index (χ2n) is 5.44. The van der Waals surface area contributed by atoms with Gasteiger partial charge in [0.25, 0.3) is 0 Å². The van der Waals surface area contributed by atoms with Gasteiger partial charge in [-0.25, -0.2) is 0 Å². The van der Waals surface area contributed by atoms with Crippen molar-refractivity contribution < 1.29 is 24.1 Å². The first-order valence-electron chi connectivity index (χ1n) is 7.33. The molecule has 23 heavy (non-hydrogen) atoms. The van der Waals surface area contributed by atoms with Crippen LogP contribution < -0.4 is 14.2 Å². The summed E-state index contributed by atoms with van der Waals surface area (Å²) >= 11 is 0. The Bertz CT molecular complexity index is 738. The summed E-state index contributed by atoms with van der Waals surface area (Å²) in [5.74, 6) is 1.51. The highest BCUT2D eigenvalue weighted by atomic mass is 16.5. The van der Waals surface area contributed by atoms with E-state index < -0.39 is 0 Å². The first-order valence-corrected chi connectivity index (χ1v) is 7.33. The van der Waals surface area contributed by atoms with Crippen LogP contribution in [0, 0.1) is 5.92 Å². The molecule has 120 valence electrons. The third-order valence-electron chi connectivity index (χ3n) is 3.99. The van der Waals surface area contributed by atoms with Crippen LogP contribution in [0.2, 0.25) is 0 Å². The van der Waals surface area contributed by atoms with Gasteiger partial charge in [-0.05, 0) is 36.2 Å². The van der Waals surface area contributed by atoms with E-state index in [1.807, 2.05) is 0 Å². The second kappa shape index (κ2) is 6.20. The number of carbonyl (C=O) groups is 1. The Labute approximate surface area is 134 Å². The van der Waals surface area contributed by atoms with E-state index in [0.717, 1.165) is 5.56 Å². The molecule has 0 bridgehead atoms. The van der Waals surface area contributed by atoms with E-state index in [4.69, 9.17) is 14.2 Å². The van der Waals surface area contributed by atoms with Gasteiger partial charge in [0.05, 0.1) is 32.3 Å². The Kier molecular flexibility index (Phi) is 4.10. The van der Waals surface area contributed by atoms with Gasteiger partial charge in [-0.3, -0.25) is 4.79 Å². The fourth-order valence-corrected chi connectivity index (χ4v) is 2.72. The molecular weight excluding hydrogens is 296 g/mol. The van der Waals surface area contributed by atoms with Crippen LogP contribution in [0.25, 0.3) is 0 Å². The maximum Gasteiger partial charge on any atom is 0.173 e. The number of hydrogen-bond donors (Lipinski definition) is 1. The number of ketones is 1. The Morgan fingerprint density at radius 2 is 2.00 bits per heavy atom. The smallest absolute Gasteiger partial charge is 0.173 e. The molecule has 0 fully saturated rings. The van der Waals surface area contributed by atoms with Gasteiger partial charge in [0.1, 0.15) is 11.5 Å². The minimum atomic E-state index is -0.259. The van der Waals surface area contributed by atoms with E-state index in [2.05, 4.69) is 0 Å². The van der Waals surface area contributed by atoms with E-state index in [1.54, 1.807) is 43.5 Å². The van der Waals surface area contributed by atoms with Crippen molar-refractivity contribution in [2.45, 2.75) is 6.42 Å². The van der Waals surface area contributed by atoms with Gasteiger partial charge in [0.15, 0.2) is 17.3 Å². The first-order chi connectivity index (χ1) is 11.1. The molecule has 5 heteroatoms. The molecule has 1 heterocycles. The lowest BCUT2D eigenvalue weighted by atomic mass is 9.89. The highest BCUT2D eigenvalue weighted by Gasteiger charge is 2.29. The highest BCUT2D eigenvalue weighted by Crippen LogP contribution is 2.33. The average molecular weight is 314 g/mol. The van der Waals surface area contributed by atoms with Crippen molar-refractivity contribution in [3.8, 4) is 23.0 Å². The molecule has 0 amide bonds. The predicted molar refractivity (Wildman–Crippen MR) is 84.7 cm³/mol. The van der Waals surface area contributed by atoms with Crippen molar-refractivity contribution in [3.05, 3.63) is 47.5 Å². The van der Waals surface area contributed by atoms with Crippen LogP contribution in [0.1, 0.15) is 15.9 Å². The Morgan fingerprint density at radius 3 is 2.74 bits per heavy atom. The van der Waals surface area contributed by atoms with Crippen LogP contribution in [0.3, 0.4) is 0 Å². The Balaban J connectivity index is 1.81. The maximum absolute atomic E-state index is 12.6. The molecule has 0 spiro atoms. The van der Waals surface area contributed by atoms with Gasteiger partial charge >= 0.3 is 0 Å². The molecule has 0 aromatic heterocycles. The van der Waals surface area contributed by atoms with Crippen LogP contribution >= 0.6 is 0 Å². The van der Waals surface area contributed by atoms with Crippen molar-refractivity contribution in [2.24, 2.45) is 5.92 Å². The third kappa shape index (κ3) is 2.95. The summed E-state index contributed by atoms with van der Waals surface area (Å²) in [6.07, 6.45) is 0.529. The summed E-state index contributed by atoms with van der Waals surface area (Å²) in [5, 5.41) is 9.64. The molecule has 2 aromatic carbocycles. The van der Waals surface area contributed by atoms with Crippen molar-refractivity contribution in [1.29, 1.82) is 0 Å². The summed E-state index contributed by atoms with van der Waals surface area (Å²) in [6, 6.07) is 10.3. The summed E-state index contributed by atoms with van der Waals surface area (Å²) < 4.78 is 16.0. The molecule has 5 nitrogen and oxygen atoms in total. The number of fused-ring (bicyclic) bond motifs is 1. The number of phenols is 1. The van der Waals surface area contributed by atoms with Gasteiger partial charge in [-0.2, -0.15) is 0 Å². The molecule has 1 aliphatic rings. The number of carbonyl (C=O) groups excluding carboxylic acids is 1. The zero-order valence-corrected chi connectivity index (χ0v) is 13.0. The van der Waals surface area contributed by atoms with Crippen LogP contribution in [0.4, 0.5) is 0 Å². The van der Waals surface area contributed by atoms with Crippen molar-refractivity contribution >= 4 is 5.78 Å². The van der Waals surface area contributed by atoms with Crippen LogP contribution in [0.5, 0.6) is 23.0 Å². The quantitative estimate of drug-likeness (QED) is 0.940. The summed E-state index contributed by atoms with van der Waals surface area (Å²) in [7, 11) is 3.07. The Hall–Kier alpha value is -2.69. The van der Waals surface area contributed by atoms with Gasteiger partial charge < -0.3 is 19.3 Å². The summed E-state index contributed by atoms with van der Waals surface area (Å²) in [4.78, 5) is 12.6. The lowest BCUT2D eigenvalue weighted by molar-refractivity contribution is 0.0830. The molecular formula is C18H18O5. The number of ether oxygens (including phenoxy) is 3. The topological polar surface area (TPSA) is 65.0 Å². The highest BCUT2D eigenvalue weighted by molar-refractivity contribution is 6.01. The van der Waals surface area contributed by atoms with Crippen molar-refractivity contribution in [1.82, 2.24) is 0 Å². The van der Waals surface area contributed by atoms with Crippen LogP contribution in [-0.2, 0) is 6.42 Å². The molecule has 3 rings (SSSR count). The fraction of sp³-hybridized carbons (Fsp3) is 0.278. The third-order valence-corrected chi connectivity index (χ3v) is 3.99. The summed E-state index contributed by atoms with van der Waals surface area (Å²) in [6.45, 7) is 0.322. The maximum atomic E-state index is 12.6. The molecule has 0 saturated heterocycles. The average Bonchev–Trinajstić information content (AvgIpc) is 2.58. The van der Waals surface area contributed by atoms with Crippen molar-refractivity contribution in [3.63, 3.8) is 0 Å². The van der Waals surface area contributed by atoms with Gasteiger partial charge in [0.2, 0.25) is 0 Å². The standard InChI is InChI=1S/C18H18O5/c1-21-13-4-5-14-16(9-13)23-10-12(18(14)20)7-11-3-6-15(19)17(8-11)22-2/h3-6,8-9,12,19H,7,10H2,1-2H3. The fourth-order valence-electron chi connectivity index (χ4n) is 2.72. The normalized spacial score (nSPS) is 16.4. The second-order valence-corrected chi connectivity index (χ2v) is 5.44. The minimum absolute atomic E-state index is 0.0564. The predicted octanol–water partition coefficient (Wildman–Crippen LogP) is 2.84. The monoisotopic (exact) mass is 314 g/mol. The molecule has 0 aliphatic carbocycles. The molecule has 1 aliphatic heterocycles. The number of Topliss-reactive ketones (excluding diaryl/α,β-unsaturated/α-hetero) is 1.